The first-order chi connectivity index (χ1) is 21.0. The fourth-order valence-electron chi connectivity index (χ4n) is 3.65. The van der Waals surface area contributed by atoms with Gasteiger partial charge in [0.05, 0.1) is 17.3 Å². The second kappa shape index (κ2) is 12.3. The number of carbonyl (C=O) groups is 4. The fraction of sp³-hybridized carbons (Fsp3) is 0.261. The van der Waals surface area contributed by atoms with E-state index < -0.39 is 75.1 Å². The number of oxime groups is 1. The quantitative estimate of drug-likeness (QED) is 0.0508. The van der Waals surface area contributed by atoms with E-state index in [1.54, 1.807) is 0 Å². The lowest BCUT2D eigenvalue weighted by Crippen LogP contribution is -2.74. The number of amides is 3. The normalized spacial score (nSPS) is 16.9. The number of aromatic hydroxyl groups is 1. The largest absolute Gasteiger partial charge is 0.503 e. The van der Waals surface area contributed by atoms with Crippen LogP contribution in [-0.2, 0) is 29.5 Å². The maximum absolute atomic E-state index is 13.2. The minimum atomic E-state index is -5.13. The fourth-order valence-corrected chi connectivity index (χ4v) is 5.08. The van der Waals surface area contributed by atoms with Gasteiger partial charge in [-0.1, -0.05) is 5.16 Å². The molecular weight excluding hydrogens is 642 g/mol. The number of nitrogens with two attached hydrogens (primary N) is 1. The van der Waals surface area contributed by atoms with Gasteiger partial charge in [0.25, 0.3) is 17.7 Å². The summed E-state index contributed by atoms with van der Waals surface area (Å²) in [6, 6.07) is -2.12. The molecule has 20 nitrogen and oxygen atoms in total. The highest BCUT2D eigenvalue weighted by Crippen LogP contribution is 2.24. The number of aromatic nitrogens is 4. The van der Waals surface area contributed by atoms with E-state index in [-0.39, 0.29) is 32.2 Å². The Bertz CT molecular complexity index is 1870. The number of H-pyrrole nitrogens is 1. The number of rotatable bonds is 11. The van der Waals surface area contributed by atoms with Gasteiger partial charge in [-0.2, -0.15) is 8.42 Å². The Kier molecular flexibility index (Phi) is 8.83. The number of nitrogens with one attached hydrogen (secondary N) is 3. The zero-order valence-electron chi connectivity index (χ0n) is 23.0. The van der Waals surface area contributed by atoms with Crippen LogP contribution in [0.4, 0.5) is 5.13 Å². The standard InChI is InChI=1S/C23H23N9O11S2/c1-23(2,21(38)39)43-31-15(11-8-44-22(24)29-11)19(36)30-16-12(32(20(16)37)45(40,41)42)6-28-18(35)9-4-26-17(27-5-9)10-3-13(33)14(34)7-25-10/h3-5,7-8,12,16,34H,6H2,1-2H3,(H2,24,29)(H,25,33)(H,28,35)(H,30,36)(H,38,39)(H,40,41,42)/t12-,16+/m1/s1. The number of carboxylic acid groups (broad SMARTS) is 1. The Morgan fingerprint density at radius 3 is 2.47 bits per heavy atom. The Morgan fingerprint density at radius 1 is 1.24 bits per heavy atom. The van der Waals surface area contributed by atoms with Crippen LogP contribution in [0.2, 0.25) is 0 Å². The summed E-state index contributed by atoms with van der Waals surface area (Å²) in [6.45, 7) is 1.68. The minimum Gasteiger partial charge on any atom is -0.503 e. The van der Waals surface area contributed by atoms with Gasteiger partial charge in [-0.25, -0.2) is 24.1 Å². The number of nitrogens with zero attached hydrogens (tertiary/aromatic N) is 5. The second-order valence-electron chi connectivity index (χ2n) is 9.65. The molecule has 2 atom stereocenters. The lowest BCUT2D eigenvalue weighted by Gasteiger charge is -2.44. The van der Waals surface area contributed by atoms with Gasteiger partial charge in [0.1, 0.15) is 11.7 Å². The van der Waals surface area contributed by atoms with Crippen molar-refractivity contribution in [2.75, 3.05) is 12.3 Å². The number of thiazole rings is 1. The average molecular weight is 666 g/mol. The number of pyridine rings is 1. The first-order valence-corrected chi connectivity index (χ1v) is 14.6. The minimum absolute atomic E-state index is 0.00336. The highest BCUT2D eigenvalue weighted by Gasteiger charge is 2.54. The zero-order chi connectivity index (χ0) is 33.3. The number of hydrogen-bond acceptors (Lipinski definition) is 15. The highest BCUT2D eigenvalue weighted by molar-refractivity contribution is 7.84. The van der Waals surface area contributed by atoms with E-state index in [1.807, 2.05) is 0 Å². The van der Waals surface area contributed by atoms with E-state index in [1.165, 1.54) is 5.38 Å². The van der Waals surface area contributed by atoms with Gasteiger partial charge >= 0.3 is 16.3 Å². The van der Waals surface area contributed by atoms with Crippen molar-refractivity contribution in [1.82, 2.24) is 34.9 Å². The molecule has 0 bridgehead atoms. The van der Waals surface area contributed by atoms with Crippen molar-refractivity contribution in [3.63, 3.8) is 0 Å². The topological polar surface area (TPSA) is 310 Å². The van der Waals surface area contributed by atoms with Gasteiger partial charge in [-0.05, 0) is 13.8 Å². The number of carbonyl (C=O) groups excluding carboxylic acids is 3. The molecule has 8 N–H and O–H groups in total. The van der Waals surface area contributed by atoms with Gasteiger partial charge in [0, 0.05) is 36.6 Å². The molecule has 0 saturated carbocycles. The molecule has 3 aromatic heterocycles. The van der Waals surface area contributed by atoms with Crippen LogP contribution in [0.1, 0.15) is 29.9 Å². The van der Waals surface area contributed by atoms with Crippen molar-refractivity contribution >= 4 is 56.2 Å². The van der Waals surface area contributed by atoms with E-state index in [0.717, 1.165) is 49.8 Å². The molecule has 45 heavy (non-hydrogen) atoms. The van der Waals surface area contributed by atoms with E-state index in [0.29, 0.717) is 0 Å². The molecule has 4 rings (SSSR count). The molecule has 3 amide bonds. The number of β-lactam (4-membered cyclic amide) rings is 1. The molecule has 0 aromatic carbocycles. The number of anilines is 1. The Morgan fingerprint density at radius 2 is 1.91 bits per heavy atom. The first-order valence-electron chi connectivity index (χ1n) is 12.3. The third-order valence-corrected chi connectivity index (χ3v) is 7.70. The number of hydrogen-bond donors (Lipinski definition) is 7. The van der Waals surface area contributed by atoms with Crippen LogP contribution in [0, 0.1) is 0 Å². The van der Waals surface area contributed by atoms with Gasteiger partial charge in [0.15, 0.2) is 22.4 Å². The van der Waals surface area contributed by atoms with Crippen molar-refractivity contribution in [1.29, 1.82) is 0 Å². The molecule has 238 valence electrons. The van der Waals surface area contributed by atoms with Gasteiger partial charge in [-0.15, -0.1) is 11.3 Å². The maximum atomic E-state index is 13.2. The van der Waals surface area contributed by atoms with E-state index in [9.17, 15) is 47.2 Å². The van der Waals surface area contributed by atoms with Gasteiger partial charge < -0.3 is 36.4 Å². The van der Waals surface area contributed by atoms with Crippen LogP contribution in [-0.4, -0.2) is 101 Å². The first kappa shape index (κ1) is 32.4. The van der Waals surface area contributed by atoms with Crippen LogP contribution in [0.25, 0.3) is 11.5 Å². The molecule has 4 heterocycles. The summed E-state index contributed by atoms with van der Waals surface area (Å²) in [7, 11) is -5.13. The van der Waals surface area contributed by atoms with Crippen LogP contribution < -0.4 is 21.8 Å². The molecule has 0 radical (unpaired) electrons. The molecule has 0 unspecified atom stereocenters. The molecular formula is C23H23N9O11S2. The van der Waals surface area contributed by atoms with Gasteiger partial charge in [-0.3, -0.25) is 23.7 Å². The van der Waals surface area contributed by atoms with E-state index in [2.05, 4.69) is 35.7 Å². The summed E-state index contributed by atoms with van der Waals surface area (Å²) in [5.74, 6) is -5.20. The van der Waals surface area contributed by atoms with Crippen LogP contribution in [0.5, 0.6) is 5.75 Å². The number of carboxylic acids is 1. The monoisotopic (exact) mass is 665 g/mol. The summed E-state index contributed by atoms with van der Waals surface area (Å²) in [5, 5.41) is 28.1. The smallest absolute Gasteiger partial charge is 0.362 e. The lowest BCUT2D eigenvalue weighted by molar-refractivity contribution is -0.161. The average Bonchev–Trinajstić information content (AvgIpc) is 3.39. The van der Waals surface area contributed by atoms with Crippen LogP contribution >= 0.6 is 11.3 Å². The SMILES string of the molecule is CC(C)(ON=C(C(=O)N[C@@H]1C(=O)N(S(=O)(=O)O)[C@@H]1CNC(=O)c1cnc(-c2cc(=O)c(O)c[nH]2)nc1)c1csc(N)n1)C(=O)O. The third-order valence-electron chi connectivity index (χ3n) is 6.08. The van der Waals surface area contributed by atoms with Gasteiger partial charge in [0.2, 0.25) is 11.0 Å². The summed E-state index contributed by atoms with van der Waals surface area (Å²) >= 11 is 0.906. The predicted octanol–water partition coefficient (Wildman–Crippen LogP) is -1.91. The molecule has 0 aliphatic carbocycles. The molecule has 3 aromatic rings. The Labute approximate surface area is 255 Å². The van der Waals surface area contributed by atoms with Crippen LogP contribution in [0.15, 0.2) is 40.0 Å². The summed E-state index contributed by atoms with van der Waals surface area (Å²) < 4.78 is 33.4. The summed E-state index contributed by atoms with van der Waals surface area (Å²) in [5.41, 5.74) is 2.29. The number of aromatic amines is 1. The van der Waals surface area contributed by atoms with Crippen LogP contribution in [0.3, 0.4) is 0 Å². The molecule has 1 aliphatic rings. The number of nitrogen functional groups attached to an aromatic ring is 1. The predicted molar refractivity (Wildman–Crippen MR) is 152 cm³/mol. The zero-order valence-corrected chi connectivity index (χ0v) is 24.6. The second-order valence-corrected chi connectivity index (χ2v) is 11.8. The Hall–Kier alpha value is -5.48. The molecule has 0 spiro atoms. The third kappa shape index (κ3) is 7.02. The maximum Gasteiger partial charge on any atom is 0.362 e. The highest BCUT2D eigenvalue weighted by atomic mass is 32.2. The molecule has 1 saturated heterocycles. The van der Waals surface area contributed by atoms with Crippen molar-refractivity contribution < 1.29 is 47.2 Å². The van der Waals surface area contributed by atoms with Crippen molar-refractivity contribution in [2.45, 2.75) is 31.5 Å². The summed E-state index contributed by atoms with van der Waals surface area (Å²) in [6.07, 6.45) is 3.19. The van der Waals surface area contributed by atoms with E-state index in [4.69, 9.17) is 10.6 Å². The van der Waals surface area contributed by atoms with Crippen molar-refractivity contribution in [3.05, 3.63) is 51.5 Å². The van der Waals surface area contributed by atoms with Crippen molar-refractivity contribution in [2.24, 2.45) is 5.16 Å². The number of aliphatic carboxylic acids is 1. The molecule has 1 fully saturated rings. The van der Waals surface area contributed by atoms with E-state index >= 15 is 0 Å². The summed E-state index contributed by atoms with van der Waals surface area (Å²) in [4.78, 5) is 81.1. The Balaban J connectivity index is 1.51. The molecule has 22 heteroatoms. The molecule has 1 aliphatic heterocycles. The van der Waals surface area contributed by atoms with Crippen molar-refractivity contribution in [3.8, 4) is 17.3 Å². The lowest BCUT2D eigenvalue weighted by atomic mass is 9.98.